The van der Waals surface area contributed by atoms with Gasteiger partial charge in [0.05, 0.1) is 11.6 Å². The third kappa shape index (κ3) is 4.21. The van der Waals surface area contributed by atoms with Gasteiger partial charge < -0.3 is 10.1 Å². The summed E-state index contributed by atoms with van der Waals surface area (Å²) in [5, 5.41) is 2.83. The average molecular weight is 321 g/mol. The van der Waals surface area contributed by atoms with E-state index in [0.717, 1.165) is 4.47 Å². The summed E-state index contributed by atoms with van der Waals surface area (Å²) in [6.45, 7) is 2.56. The maximum Gasteiger partial charge on any atom is 0.251 e. The van der Waals surface area contributed by atoms with Crippen molar-refractivity contribution in [2.75, 3.05) is 19.5 Å². The zero-order valence-corrected chi connectivity index (χ0v) is 12.1. The van der Waals surface area contributed by atoms with E-state index in [4.69, 9.17) is 16.3 Å². The standard InChI is InChI=1S/C12H15BrClNO2/c1-8(6-14)7-15-12(16)9-3-4-11(17-2)10(13)5-9/h3-5,8H,6-7H2,1-2H3,(H,15,16). The van der Waals surface area contributed by atoms with E-state index >= 15 is 0 Å². The molecule has 0 aliphatic heterocycles. The number of benzene rings is 1. The van der Waals surface area contributed by atoms with Crippen molar-refractivity contribution in [1.82, 2.24) is 5.32 Å². The molecule has 0 saturated carbocycles. The lowest BCUT2D eigenvalue weighted by molar-refractivity contribution is 0.0949. The Labute approximate surface area is 115 Å². The highest BCUT2D eigenvalue weighted by Gasteiger charge is 2.09. The van der Waals surface area contributed by atoms with Crippen LogP contribution in [0.5, 0.6) is 5.75 Å². The molecule has 1 aromatic carbocycles. The fraction of sp³-hybridized carbons (Fsp3) is 0.417. The quantitative estimate of drug-likeness (QED) is 0.847. The average Bonchev–Trinajstić information content (AvgIpc) is 2.35. The molecule has 0 spiro atoms. The Bertz CT molecular complexity index is 398. The first-order valence-electron chi connectivity index (χ1n) is 5.26. The molecule has 0 fully saturated rings. The first-order valence-corrected chi connectivity index (χ1v) is 6.59. The van der Waals surface area contributed by atoms with Crippen LogP contribution in [0.3, 0.4) is 0 Å². The summed E-state index contributed by atoms with van der Waals surface area (Å²) >= 11 is 9.01. The smallest absolute Gasteiger partial charge is 0.251 e. The Balaban J connectivity index is 2.66. The zero-order chi connectivity index (χ0) is 12.8. The number of methoxy groups -OCH3 is 1. The molecule has 1 rings (SSSR count). The molecule has 0 radical (unpaired) electrons. The summed E-state index contributed by atoms with van der Waals surface area (Å²) in [4.78, 5) is 11.8. The van der Waals surface area contributed by atoms with Gasteiger partial charge in [0.2, 0.25) is 0 Å². The molecule has 0 bridgehead atoms. The number of carbonyl (C=O) groups is 1. The van der Waals surface area contributed by atoms with Crippen molar-refractivity contribution >= 4 is 33.4 Å². The number of rotatable bonds is 5. The Morgan fingerprint density at radius 3 is 2.82 bits per heavy atom. The van der Waals surface area contributed by atoms with Crippen molar-refractivity contribution in [3.63, 3.8) is 0 Å². The second-order valence-electron chi connectivity index (χ2n) is 3.82. The molecule has 94 valence electrons. The predicted molar refractivity (Wildman–Crippen MR) is 72.9 cm³/mol. The van der Waals surface area contributed by atoms with E-state index in [0.29, 0.717) is 23.7 Å². The summed E-state index contributed by atoms with van der Waals surface area (Å²) in [5.74, 6) is 1.40. The Kier molecular flexibility index (Phi) is 5.78. The first-order chi connectivity index (χ1) is 8.08. The van der Waals surface area contributed by atoms with Crippen molar-refractivity contribution in [3.8, 4) is 5.75 Å². The summed E-state index contributed by atoms with van der Waals surface area (Å²) < 4.78 is 5.86. The lowest BCUT2D eigenvalue weighted by atomic mass is 10.2. The van der Waals surface area contributed by atoms with Gasteiger partial charge in [-0.2, -0.15) is 0 Å². The lowest BCUT2D eigenvalue weighted by Gasteiger charge is -2.10. The van der Waals surface area contributed by atoms with E-state index in [9.17, 15) is 4.79 Å². The number of carbonyl (C=O) groups excluding carboxylic acids is 1. The molecule has 0 aromatic heterocycles. The molecule has 1 atom stereocenters. The summed E-state index contributed by atoms with van der Waals surface area (Å²) in [6.07, 6.45) is 0. The van der Waals surface area contributed by atoms with Crippen molar-refractivity contribution in [1.29, 1.82) is 0 Å². The van der Waals surface area contributed by atoms with Crippen LogP contribution in [-0.4, -0.2) is 25.4 Å². The van der Waals surface area contributed by atoms with Crippen LogP contribution in [-0.2, 0) is 0 Å². The second kappa shape index (κ2) is 6.87. The van der Waals surface area contributed by atoms with E-state index < -0.39 is 0 Å². The van der Waals surface area contributed by atoms with Crippen molar-refractivity contribution in [2.45, 2.75) is 6.92 Å². The largest absolute Gasteiger partial charge is 0.496 e. The fourth-order valence-electron chi connectivity index (χ4n) is 1.23. The van der Waals surface area contributed by atoms with Crippen molar-refractivity contribution < 1.29 is 9.53 Å². The summed E-state index contributed by atoms with van der Waals surface area (Å²) in [7, 11) is 1.59. The van der Waals surface area contributed by atoms with E-state index in [1.165, 1.54) is 0 Å². The van der Waals surface area contributed by atoms with Gasteiger partial charge in [0.15, 0.2) is 0 Å². The highest BCUT2D eigenvalue weighted by Crippen LogP contribution is 2.25. The number of amides is 1. The first kappa shape index (κ1) is 14.3. The summed E-state index contributed by atoms with van der Waals surface area (Å²) in [5.41, 5.74) is 0.597. The highest BCUT2D eigenvalue weighted by atomic mass is 79.9. The molecule has 0 heterocycles. The normalized spacial score (nSPS) is 12.0. The minimum Gasteiger partial charge on any atom is -0.496 e. The zero-order valence-electron chi connectivity index (χ0n) is 9.80. The van der Waals surface area contributed by atoms with Crippen LogP contribution in [0.25, 0.3) is 0 Å². The SMILES string of the molecule is COc1ccc(C(=O)NCC(C)CCl)cc1Br. The molecule has 17 heavy (non-hydrogen) atoms. The maximum absolute atomic E-state index is 11.8. The molecule has 5 heteroatoms. The minimum atomic E-state index is -0.106. The van der Waals surface area contributed by atoms with Crippen LogP contribution >= 0.6 is 27.5 Å². The van der Waals surface area contributed by atoms with Gasteiger partial charge in [0.1, 0.15) is 5.75 Å². The maximum atomic E-state index is 11.8. The molecule has 0 saturated heterocycles. The van der Waals surface area contributed by atoms with Gasteiger partial charge in [-0.1, -0.05) is 6.92 Å². The van der Waals surface area contributed by atoms with Crippen LogP contribution in [0.2, 0.25) is 0 Å². The lowest BCUT2D eigenvalue weighted by Crippen LogP contribution is -2.28. The van der Waals surface area contributed by atoms with Gasteiger partial charge >= 0.3 is 0 Å². The molecule has 0 aliphatic rings. The van der Waals surface area contributed by atoms with E-state index in [1.807, 2.05) is 6.92 Å². The Morgan fingerprint density at radius 1 is 1.59 bits per heavy atom. The van der Waals surface area contributed by atoms with Crippen molar-refractivity contribution in [2.24, 2.45) is 5.92 Å². The van der Waals surface area contributed by atoms with Crippen LogP contribution in [0, 0.1) is 5.92 Å². The van der Waals surface area contributed by atoms with Gasteiger partial charge in [0, 0.05) is 18.0 Å². The van der Waals surface area contributed by atoms with Gasteiger partial charge in [0.25, 0.3) is 5.91 Å². The van der Waals surface area contributed by atoms with Gasteiger partial charge in [-0.15, -0.1) is 11.6 Å². The molecular weight excluding hydrogens is 305 g/mol. The number of nitrogens with one attached hydrogen (secondary N) is 1. The molecule has 0 aliphatic carbocycles. The van der Waals surface area contributed by atoms with Gasteiger partial charge in [-0.3, -0.25) is 4.79 Å². The van der Waals surface area contributed by atoms with Gasteiger partial charge in [-0.05, 0) is 40.0 Å². The number of alkyl halides is 1. The third-order valence-corrected chi connectivity index (χ3v) is 3.44. The van der Waals surface area contributed by atoms with Crippen LogP contribution in [0.15, 0.2) is 22.7 Å². The molecule has 1 aromatic rings. The molecule has 1 N–H and O–H groups in total. The number of hydrogen-bond donors (Lipinski definition) is 1. The highest BCUT2D eigenvalue weighted by molar-refractivity contribution is 9.10. The molecule has 1 unspecified atom stereocenters. The Hall–Kier alpha value is -0.740. The molecule has 3 nitrogen and oxygen atoms in total. The van der Waals surface area contributed by atoms with E-state index in [1.54, 1.807) is 25.3 Å². The van der Waals surface area contributed by atoms with Crippen LogP contribution < -0.4 is 10.1 Å². The van der Waals surface area contributed by atoms with Crippen LogP contribution in [0.4, 0.5) is 0 Å². The number of hydrogen-bond acceptors (Lipinski definition) is 2. The second-order valence-corrected chi connectivity index (χ2v) is 4.98. The Morgan fingerprint density at radius 2 is 2.29 bits per heavy atom. The minimum absolute atomic E-state index is 0.106. The third-order valence-electron chi connectivity index (χ3n) is 2.29. The van der Waals surface area contributed by atoms with E-state index in [-0.39, 0.29) is 11.8 Å². The van der Waals surface area contributed by atoms with Crippen LogP contribution in [0.1, 0.15) is 17.3 Å². The van der Waals surface area contributed by atoms with Gasteiger partial charge in [-0.25, -0.2) is 0 Å². The topological polar surface area (TPSA) is 38.3 Å². The molecule has 1 amide bonds. The number of ether oxygens (including phenoxy) is 1. The monoisotopic (exact) mass is 319 g/mol. The van der Waals surface area contributed by atoms with Crippen molar-refractivity contribution in [3.05, 3.63) is 28.2 Å². The fourth-order valence-corrected chi connectivity index (χ4v) is 1.88. The molecular formula is C12H15BrClNO2. The predicted octanol–water partition coefficient (Wildman–Crippen LogP) is 3.06. The summed E-state index contributed by atoms with van der Waals surface area (Å²) in [6, 6.07) is 5.22. The number of halogens is 2. The van der Waals surface area contributed by atoms with E-state index in [2.05, 4.69) is 21.2 Å².